The number of aliphatic hydroxyl groups is 1. The summed E-state index contributed by atoms with van der Waals surface area (Å²) in [7, 11) is -1.56. The summed E-state index contributed by atoms with van der Waals surface area (Å²) in [4.78, 5) is 12.5. The molecule has 23 heavy (non-hydrogen) atoms. The molecule has 1 N–H and O–H groups in total. The molecule has 0 radical (unpaired) electrons. The molecule has 1 aromatic rings. The van der Waals surface area contributed by atoms with Gasteiger partial charge in [0.1, 0.15) is 13.8 Å². The molecular formula is C19H28O3Si. The van der Waals surface area contributed by atoms with Crippen molar-refractivity contribution in [1.82, 2.24) is 0 Å². The molecule has 126 valence electrons. The predicted octanol–water partition coefficient (Wildman–Crippen LogP) is 3.79. The number of carbonyl (C=O) groups is 1. The number of hydrogen-bond donors (Lipinski definition) is 1. The highest BCUT2D eigenvalue weighted by molar-refractivity contribution is 6.83. The number of benzene rings is 1. The van der Waals surface area contributed by atoms with Gasteiger partial charge < -0.3 is 9.84 Å². The van der Waals surface area contributed by atoms with Gasteiger partial charge in [-0.15, -0.1) is 11.5 Å². The van der Waals surface area contributed by atoms with E-state index in [0.29, 0.717) is 5.75 Å². The zero-order valence-electron chi connectivity index (χ0n) is 15.5. The normalized spacial score (nSPS) is 15.2. The Hall–Kier alpha value is -1.57. The third-order valence-corrected chi connectivity index (χ3v) is 4.88. The van der Waals surface area contributed by atoms with Crippen LogP contribution < -0.4 is 4.74 Å². The number of esters is 1. The van der Waals surface area contributed by atoms with Crippen LogP contribution in [-0.2, 0) is 4.79 Å². The average molecular weight is 333 g/mol. The molecule has 4 heteroatoms. The number of aryl methyl sites for hydroxylation is 2. The highest BCUT2D eigenvalue weighted by atomic mass is 28.3. The summed E-state index contributed by atoms with van der Waals surface area (Å²) in [6, 6.07) is 3.90. The topological polar surface area (TPSA) is 46.5 Å². The van der Waals surface area contributed by atoms with Crippen LogP contribution in [0.4, 0.5) is 0 Å². The van der Waals surface area contributed by atoms with Crippen LogP contribution in [-0.4, -0.2) is 24.8 Å². The lowest BCUT2D eigenvalue weighted by molar-refractivity contribution is -0.156. The minimum Gasteiger partial charge on any atom is -0.424 e. The number of carbonyl (C=O) groups excluding carboxylic acids is 1. The van der Waals surface area contributed by atoms with Gasteiger partial charge in [-0.2, -0.15) is 0 Å². The van der Waals surface area contributed by atoms with E-state index >= 15 is 0 Å². The van der Waals surface area contributed by atoms with Gasteiger partial charge in [0, 0.05) is 0 Å². The summed E-state index contributed by atoms with van der Waals surface area (Å²) in [6.07, 6.45) is 0. The van der Waals surface area contributed by atoms with Crippen molar-refractivity contribution in [2.75, 3.05) is 0 Å². The minimum atomic E-state index is -1.64. The lowest BCUT2D eigenvalue weighted by Gasteiger charge is -2.25. The van der Waals surface area contributed by atoms with Crippen LogP contribution in [0.15, 0.2) is 12.1 Å². The van der Waals surface area contributed by atoms with Crippen LogP contribution in [0.5, 0.6) is 5.75 Å². The Labute approximate surface area is 141 Å². The molecule has 0 amide bonds. The lowest BCUT2D eigenvalue weighted by Crippen LogP contribution is -2.44. The summed E-state index contributed by atoms with van der Waals surface area (Å²) in [5, 5.41) is 10.6. The largest absolute Gasteiger partial charge is 0.424 e. The zero-order valence-corrected chi connectivity index (χ0v) is 16.5. The van der Waals surface area contributed by atoms with Gasteiger partial charge in [-0.05, 0) is 51.3 Å². The van der Waals surface area contributed by atoms with Crippen molar-refractivity contribution < 1.29 is 14.6 Å². The zero-order chi connectivity index (χ0) is 18.0. The third-order valence-electron chi connectivity index (χ3n) is 3.99. The molecule has 0 saturated carbocycles. The van der Waals surface area contributed by atoms with E-state index in [2.05, 4.69) is 31.1 Å². The summed E-state index contributed by atoms with van der Waals surface area (Å²) in [6.45, 7) is 15.4. The van der Waals surface area contributed by atoms with Crippen molar-refractivity contribution in [3.63, 3.8) is 0 Å². The van der Waals surface area contributed by atoms with Gasteiger partial charge in [-0.3, -0.25) is 0 Å². The summed E-state index contributed by atoms with van der Waals surface area (Å²) in [5.74, 6) is 2.41. The molecule has 0 aliphatic heterocycles. The standard InChI is InChI=1S/C19H28O3Si/c1-13-9-10-14(2)17(16(13)4)22-18(20)19(5,21)15(3)11-12-23(6,7)8/h9-10,15,21H,1-8H3. The van der Waals surface area contributed by atoms with Gasteiger partial charge in [0.2, 0.25) is 0 Å². The van der Waals surface area contributed by atoms with Crippen LogP contribution in [0.1, 0.15) is 30.5 Å². The SMILES string of the molecule is Cc1ccc(C)c(OC(=O)C(C)(O)C(C)C#C[Si](C)(C)C)c1C. The van der Waals surface area contributed by atoms with Crippen LogP contribution in [0, 0.1) is 38.2 Å². The van der Waals surface area contributed by atoms with Crippen molar-refractivity contribution in [3.05, 3.63) is 28.8 Å². The molecule has 0 aromatic heterocycles. The first-order chi connectivity index (χ1) is 10.4. The van der Waals surface area contributed by atoms with E-state index < -0.39 is 25.6 Å². The third kappa shape index (κ3) is 4.95. The number of rotatable bonds is 3. The Morgan fingerprint density at radius 1 is 1.22 bits per heavy atom. The van der Waals surface area contributed by atoms with Crippen molar-refractivity contribution in [2.24, 2.45) is 5.92 Å². The molecule has 0 saturated heterocycles. The Bertz CT molecular complexity index is 658. The molecular weight excluding hydrogens is 304 g/mol. The van der Waals surface area contributed by atoms with E-state index in [9.17, 15) is 9.90 Å². The van der Waals surface area contributed by atoms with E-state index in [1.165, 1.54) is 6.92 Å². The van der Waals surface area contributed by atoms with Crippen molar-refractivity contribution in [2.45, 2.75) is 59.9 Å². The maximum Gasteiger partial charge on any atom is 0.344 e. The Morgan fingerprint density at radius 2 is 1.74 bits per heavy atom. The van der Waals surface area contributed by atoms with Crippen LogP contribution in [0.3, 0.4) is 0 Å². The molecule has 0 spiro atoms. The first-order valence-electron chi connectivity index (χ1n) is 7.90. The van der Waals surface area contributed by atoms with E-state index in [1.807, 2.05) is 32.9 Å². The van der Waals surface area contributed by atoms with Gasteiger partial charge >= 0.3 is 5.97 Å². The van der Waals surface area contributed by atoms with Gasteiger partial charge in [-0.1, -0.05) is 31.8 Å². The summed E-state index contributed by atoms with van der Waals surface area (Å²) in [5.41, 5.74) is 4.39. The molecule has 1 aromatic carbocycles. The maximum absolute atomic E-state index is 12.5. The minimum absolute atomic E-state index is 0.493. The second-order valence-corrected chi connectivity index (χ2v) is 12.2. The van der Waals surface area contributed by atoms with E-state index in [4.69, 9.17) is 4.74 Å². The van der Waals surface area contributed by atoms with Crippen molar-refractivity contribution >= 4 is 14.0 Å². The molecule has 3 nitrogen and oxygen atoms in total. The molecule has 0 aliphatic rings. The summed E-state index contributed by atoms with van der Waals surface area (Å²) < 4.78 is 5.53. The molecule has 1 rings (SSSR count). The van der Waals surface area contributed by atoms with Crippen molar-refractivity contribution in [1.29, 1.82) is 0 Å². The quantitative estimate of drug-likeness (QED) is 0.396. The van der Waals surface area contributed by atoms with Crippen LogP contribution in [0.2, 0.25) is 19.6 Å². The Morgan fingerprint density at radius 3 is 2.26 bits per heavy atom. The van der Waals surface area contributed by atoms with Crippen molar-refractivity contribution in [3.8, 4) is 17.2 Å². The van der Waals surface area contributed by atoms with Gasteiger partial charge in [0.25, 0.3) is 0 Å². The molecule has 2 atom stereocenters. The Balaban J connectivity index is 3.04. The fraction of sp³-hybridized carbons (Fsp3) is 0.526. The van der Waals surface area contributed by atoms with Gasteiger partial charge in [-0.25, -0.2) is 4.79 Å². The van der Waals surface area contributed by atoms with Crippen LogP contribution >= 0.6 is 0 Å². The lowest BCUT2D eigenvalue weighted by atomic mass is 9.91. The monoisotopic (exact) mass is 332 g/mol. The molecule has 2 unspecified atom stereocenters. The fourth-order valence-electron chi connectivity index (χ4n) is 1.92. The first-order valence-corrected chi connectivity index (χ1v) is 11.4. The summed E-state index contributed by atoms with van der Waals surface area (Å²) >= 11 is 0. The fourth-order valence-corrected chi connectivity index (χ4v) is 2.57. The number of ether oxygens (including phenoxy) is 1. The number of hydrogen-bond acceptors (Lipinski definition) is 3. The second kappa shape index (κ2) is 6.90. The molecule has 0 heterocycles. The smallest absolute Gasteiger partial charge is 0.344 e. The Kier molecular flexibility index (Phi) is 5.84. The van der Waals surface area contributed by atoms with Gasteiger partial charge in [0.05, 0.1) is 5.92 Å². The highest BCUT2D eigenvalue weighted by Crippen LogP contribution is 2.28. The molecule has 0 bridgehead atoms. The van der Waals surface area contributed by atoms with Crippen LogP contribution in [0.25, 0.3) is 0 Å². The molecule has 0 fully saturated rings. The second-order valence-electron chi connectivity index (χ2n) is 7.43. The van der Waals surface area contributed by atoms with E-state index in [0.717, 1.165) is 16.7 Å². The maximum atomic E-state index is 12.5. The highest BCUT2D eigenvalue weighted by Gasteiger charge is 2.38. The van der Waals surface area contributed by atoms with E-state index in [1.54, 1.807) is 6.92 Å². The molecule has 0 aliphatic carbocycles. The predicted molar refractivity (Wildman–Crippen MR) is 97.2 cm³/mol. The first kappa shape index (κ1) is 19.5. The van der Waals surface area contributed by atoms with E-state index in [-0.39, 0.29) is 0 Å². The van der Waals surface area contributed by atoms with Gasteiger partial charge in [0.15, 0.2) is 5.60 Å². The average Bonchev–Trinajstić information content (AvgIpc) is 2.43.